The van der Waals surface area contributed by atoms with E-state index in [1.165, 1.54) is 11.3 Å². The molecule has 0 spiro atoms. The average Bonchev–Trinajstić information content (AvgIpc) is 3.02. The van der Waals surface area contributed by atoms with Crippen LogP contribution in [-0.4, -0.2) is 60.4 Å². The van der Waals surface area contributed by atoms with E-state index in [0.29, 0.717) is 13.0 Å². The van der Waals surface area contributed by atoms with Crippen molar-refractivity contribution in [2.24, 2.45) is 0 Å². The van der Waals surface area contributed by atoms with Gasteiger partial charge in [-0.2, -0.15) is 0 Å². The van der Waals surface area contributed by atoms with Crippen LogP contribution in [-0.2, 0) is 16.0 Å². The fourth-order valence-corrected chi connectivity index (χ4v) is 4.05. The van der Waals surface area contributed by atoms with Gasteiger partial charge in [-0.15, -0.1) is 0 Å². The standard InChI is InChI=1S/C22H25N3O2/c26-20-17-21(25(22(20)27)12-11-18-7-3-1-4-8-18)24-15-13-23(14-16-24)19-9-5-2-6-10-19/h1-10,21H,11-17H2. The monoisotopic (exact) mass is 363 g/mol. The molecule has 2 heterocycles. The van der Waals surface area contributed by atoms with Gasteiger partial charge in [-0.1, -0.05) is 48.5 Å². The molecule has 2 aromatic rings. The first-order chi connectivity index (χ1) is 13.2. The summed E-state index contributed by atoms with van der Waals surface area (Å²) in [4.78, 5) is 31.0. The summed E-state index contributed by atoms with van der Waals surface area (Å²) in [6.07, 6.45) is 1.01. The minimum Gasteiger partial charge on any atom is -0.369 e. The van der Waals surface area contributed by atoms with Gasteiger partial charge in [-0.3, -0.25) is 14.5 Å². The van der Waals surface area contributed by atoms with Crippen LogP contribution in [0.3, 0.4) is 0 Å². The number of piperazine rings is 1. The normalized spacial score (nSPS) is 21.1. The quantitative estimate of drug-likeness (QED) is 0.764. The van der Waals surface area contributed by atoms with Crippen molar-refractivity contribution in [1.29, 1.82) is 0 Å². The van der Waals surface area contributed by atoms with Crippen LogP contribution in [0.4, 0.5) is 5.69 Å². The molecule has 0 aromatic heterocycles. The molecule has 2 fully saturated rings. The number of para-hydroxylation sites is 1. The van der Waals surface area contributed by atoms with Crippen molar-refractivity contribution >= 4 is 17.4 Å². The van der Waals surface area contributed by atoms with Crippen LogP contribution in [0.15, 0.2) is 60.7 Å². The van der Waals surface area contributed by atoms with E-state index in [-0.39, 0.29) is 17.9 Å². The van der Waals surface area contributed by atoms with Gasteiger partial charge in [0.1, 0.15) is 0 Å². The molecule has 0 bridgehead atoms. The van der Waals surface area contributed by atoms with Crippen LogP contribution in [0.1, 0.15) is 12.0 Å². The highest BCUT2D eigenvalue weighted by molar-refractivity contribution is 6.38. The highest BCUT2D eigenvalue weighted by atomic mass is 16.2. The summed E-state index contributed by atoms with van der Waals surface area (Å²) < 4.78 is 0. The topological polar surface area (TPSA) is 43.9 Å². The Morgan fingerprint density at radius 3 is 2.11 bits per heavy atom. The number of nitrogens with zero attached hydrogens (tertiary/aromatic N) is 3. The van der Waals surface area contributed by atoms with Crippen LogP contribution in [0.5, 0.6) is 0 Å². The second kappa shape index (κ2) is 7.92. The largest absolute Gasteiger partial charge is 0.369 e. The van der Waals surface area contributed by atoms with Crippen molar-refractivity contribution in [2.45, 2.75) is 19.0 Å². The SMILES string of the molecule is O=C1CC(N2CCN(c3ccccc3)CC2)N(CCc2ccccc2)C1=O. The lowest BCUT2D eigenvalue weighted by Gasteiger charge is -2.41. The Kier molecular flexibility index (Phi) is 5.21. The molecule has 0 radical (unpaired) electrons. The predicted octanol–water partition coefficient (Wildman–Crippen LogP) is 2.18. The molecule has 0 saturated carbocycles. The average molecular weight is 363 g/mol. The van der Waals surface area contributed by atoms with Gasteiger partial charge in [0, 0.05) is 38.4 Å². The third-order valence-electron chi connectivity index (χ3n) is 5.57. The van der Waals surface area contributed by atoms with Crippen molar-refractivity contribution in [3.8, 4) is 0 Å². The Morgan fingerprint density at radius 2 is 1.44 bits per heavy atom. The summed E-state index contributed by atoms with van der Waals surface area (Å²) in [7, 11) is 0. The maximum absolute atomic E-state index is 12.4. The number of benzene rings is 2. The van der Waals surface area contributed by atoms with Gasteiger partial charge in [0.25, 0.3) is 5.91 Å². The molecule has 27 heavy (non-hydrogen) atoms. The van der Waals surface area contributed by atoms with Crippen molar-refractivity contribution in [1.82, 2.24) is 9.80 Å². The predicted molar refractivity (Wildman–Crippen MR) is 105 cm³/mol. The number of rotatable bonds is 5. The number of anilines is 1. The zero-order valence-corrected chi connectivity index (χ0v) is 15.5. The second-order valence-corrected chi connectivity index (χ2v) is 7.20. The molecular formula is C22H25N3O2. The van der Waals surface area contributed by atoms with Gasteiger partial charge in [0.15, 0.2) is 0 Å². The number of amides is 1. The minimum atomic E-state index is -0.318. The summed E-state index contributed by atoms with van der Waals surface area (Å²) in [5.41, 5.74) is 2.42. The molecule has 2 aliphatic rings. The summed E-state index contributed by atoms with van der Waals surface area (Å²) in [6.45, 7) is 4.15. The van der Waals surface area contributed by atoms with Crippen LogP contribution < -0.4 is 4.90 Å². The molecule has 5 heteroatoms. The first-order valence-corrected chi connectivity index (χ1v) is 9.64. The molecule has 1 unspecified atom stereocenters. The summed E-state index contributed by atoms with van der Waals surface area (Å²) in [5.74, 6) is -0.569. The molecule has 0 N–H and O–H groups in total. The fourth-order valence-electron chi connectivity index (χ4n) is 4.05. The Bertz CT molecular complexity index is 786. The van der Waals surface area contributed by atoms with E-state index in [0.717, 1.165) is 32.6 Å². The van der Waals surface area contributed by atoms with Crippen LogP contribution in [0.25, 0.3) is 0 Å². The lowest BCUT2D eigenvalue weighted by Crippen LogP contribution is -2.55. The molecule has 140 valence electrons. The van der Waals surface area contributed by atoms with Crippen LogP contribution in [0, 0.1) is 0 Å². The van der Waals surface area contributed by atoms with Gasteiger partial charge in [-0.05, 0) is 24.1 Å². The number of likely N-dealkylation sites (tertiary alicyclic amines) is 1. The van der Waals surface area contributed by atoms with Gasteiger partial charge in [0.2, 0.25) is 5.78 Å². The number of carbonyl (C=O) groups is 2. The van der Waals surface area contributed by atoms with E-state index in [9.17, 15) is 9.59 Å². The zero-order valence-electron chi connectivity index (χ0n) is 15.5. The lowest BCUT2D eigenvalue weighted by atomic mass is 10.1. The molecule has 4 rings (SSSR count). The summed E-state index contributed by atoms with van der Waals surface area (Å²) >= 11 is 0. The number of carbonyl (C=O) groups excluding carboxylic acids is 2. The fraction of sp³-hybridized carbons (Fsp3) is 0.364. The first kappa shape index (κ1) is 17.7. The Hall–Kier alpha value is -2.66. The van der Waals surface area contributed by atoms with Gasteiger partial charge >= 0.3 is 0 Å². The Morgan fingerprint density at radius 1 is 0.815 bits per heavy atom. The summed E-state index contributed by atoms with van der Waals surface area (Å²) in [6, 6.07) is 20.5. The maximum atomic E-state index is 12.4. The van der Waals surface area contributed by atoms with Crippen molar-refractivity contribution < 1.29 is 9.59 Å². The molecule has 2 saturated heterocycles. The van der Waals surface area contributed by atoms with Gasteiger partial charge < -0.3 is 9.80 Å². The number of hydrogen-bond donors (Lipinski definition) is 0. The third-order valence-corrected chi connectivity index (χ3v) is 5.57. The summed E-state index contributed by atoms with van der Waals surface area (Å²) in [5, 5.41) is 0. The first-order valence-electron chi connectivity index (χ1n) is 9.64. The van der Waals surface area contributed by atoms with E-state index in [2.05, 4.69) is 46.2 Å². The zero-order chi connectivity index (χ0) is 18.6. The van der Waals surface area contributed by atoms with Gasteiger partial charge in [0.05, 0.1) is 12.6 Å². The van der Waals surface area contributed by atoms with E-state index >= 15 is 0 Å². The maximum Gasteiger partial charge on any atom is 0.291 e. The van der Waals surface area contributed by atoms with Crippen molar-refractivity contribution in [3.05, 3.63) is 66.2 Å². The Labute approximate surface area is 160 Å². The Balaban J connectivity index is 1.39. The minimum absolute atomic E-state index is 0.0911. The smallest absolute Gasteiger partial charge is 0.291 e. The van der Waals surface area contributed by atoms with E-state index < -0.39 is 0 Å². The van der Waals surface area contributed by atoms with E-state index in [4.69, 9.17) is 0 Å². The molecule has 2 aliphatic heterocycles. The molecule has 2 aromatic carbocycles. The number of Topliss-reactive ketones (excluding diaryl/α,β-unsaturated/α-hetero) is 1. The van der Waals surface area contributed by atoms with Crippen molar-refractivity contribution in [3.63, 3.8) is 0 Å². The molecule has 1 amide bonds. The van der Waals surface area contributed by atoms with Crippen LogP contribution >= 0.6 is 0 Å². The highest BCUT2D eigenvalue weighted by Gasteiger charge is 2.41. The number of hydrogen-bond acceptors (Lipinski definition) is 4. The number of ketones is 1. The third kappa shape index (κ3) is 3.88. The van der Waals surface area contributed by atoms with Crippen LogP contribution in [0.2, 0.25) is 0 Å². The second-order valence-electron chi connectivity index (χ2n) is 7.20. The molecule has 1 atom stereocenters. The van der Waals surface area contributed by atoms with E-state index in [1.54, 1.807) is 4.90 Å². The van der Waals surface area contributed by atoms with E-state index in [1.807, 2.05) is 24.3 Å². The lowest BCUT2D eigenvalue weighted by molar-refractivity contribution is -0.141. The molecule has 5 nitrogen and oxygen atoms in total. The molecular weight excluding hydrogens is 338 g/mol. The molecule has 0 aliphatic carbocycles. The highest BCUT2D eigenvalue weighted by Crippen LogP contribution is 2.23. The van der Waals surface area contributed by atoms with Crippen molar-refractivity contribution in [2.75, 3.05) is 37.6 Å². The van der Waals surface area contributed by atoms with Gasteiger partial charge in [-0.25, -0.2) is 0 Å².